The topological polar surface area (TPSA) is 44.1 Å². The van der Waals surface area contributed by atoms with Gasteiger partial charge < -0.3 is 4.74 Å². The molecule has 1 aliphatic rings. The molecule has 1 aromatic heterocycles. The molecule has 1 heterocycles. The fraction of sp³-hybridized carbons (Fsp3) is 0.600. The molecular weight excluding hydrogens is 180 g/mol. The summed E-state index contributed by atoms with van der Waals surface area (Å²) in [5, 5.41) is 4.13. The zero-order valence-corrected chi connectivity index (χ0v) is 8.49. The van der Waals surface area contributed by atoms with Crippen molar-refractivity contribution in [3.05, 3.63) is 11.8 Å². The van der Waals surface area contributed by atoms with Crippen LogP contribution in [0.3, 0.4) is 0 Å². The highest BCUT2D eigenvalue weighted by Gasteiger charge is 2.28. The van der Waals surface area contributed by atoms with Crippen LogP contribution >= 0.6 is 0 Å². The Bertz CT molecular complexity index is 353. The summed E-state index contributed by atoms with van der Waals surface area (Å²) in [5.74, 6) is 0.998. The SMILES string of the molecule is COc1cc(C(=O)C2CCC2)nn1C. The largest absolute Gasteiger partial charge is 0.481 e. The third-order valence-electron chi connectivity index (χ3n) is 2.77. The number of hydrogen-bond acceptors (Lipinski definition) is 3. The maximum absolute atomic E-state index is 11.8. The fourth-order valence-electron chi connectivity index (χ4n) is 1.64. The summed E-state index contributed by atoms with van der Waals surface area (Å²) >= 11 is 0. The van der Waals surface area contributed by atoms with E-state index in [-0.39, 0.29) is 11.7 Å². The number of ether oxygens (including phenoxy) is 1. The Hall–Kier alpha value is -1.32. The molecule has 0 spiro atoms. The average molecular weight is 194 g/mol. The van der Waals surface area contributed by atoms with Crippen LogP contribution in [0.5, 0.6) is 5.88 Å². The molecule has 0 aromatic carbocycles. The Morgan fingerprint density at radius 1 is 1.64 bits per heavy atom. The quantitative estimate of drug-likeness (QED) is 0.683. The summed E-state index contributed by atoms with van der Waals surface area (Å²) in [6.07, 6.45) is 3.19. The number of carbonyl (C=O) groups excluding carboxylic acids is 1. The van der Waals surface area contributed by atoms with Crippen molar-refractivity contribution in [1.29, 1.82) is 0 Å². The van der Waals surface area contributed by atoms with Crippen molar-refractivity contribution in [1.82, 2.24) is 9.78 Å². The smallest absolute Gasteiger partial charge is 0.211 e. The van der Waals surface area contributed by atoms with Gasteiger partial charge >= 0.3 is 0 Å². The Morgan fingerprint density at radius 3 is 2.79 bits per heavy atom. The lowest BCUT2D eigenvalue weighted by atomic mass is 9.81. The van der Waals surface area contributed by atoms with Crippen molar-refractivity contribution in [3.8, 4) is 5.88 Å². The molecule has 0 radical (unpaired) electrons. The van der Waals surface area contributed by atoms with Crippen LogP contribution in [-0.4, -0.2) is 22.7 Å². The second kappa shape index (κ2) is 3.44. The van der Waals surface area contributed by atoms with Gasteiger partial charge in [0.25, 0.3) is 0 Å². The minimum atomic E-state index is 0.162. The highest BCUT2D eigenvalue weighted by atomic mass is 16.5. The lowest BCUT2D eigenvalue weighted by Crippen LogP contribution is -2.22. The summed E-state index contributed by atoms with van der Waals surface area (Å²) in [5.41, 5.74) is 0.536. The minimum Gasteiger partial charge on any atom is -0.481 e. The summed E-state index contributed by atoms with van der Waals surface area (Å²) < 4.78 is 6.64. The molecule has 4 nitrogen and oxygen atoms in total. The molecule has 2 rings (SSSR count). The Morgan fingerprint density at radius 2 is 2.36 bits per heavy atom. The third-order valence-corrected chi connectivity index (χ3v) is 2.77. The van der Waals surface area contributed by atoms with Crippen molar-refractivity contribution in [2.24, 2.45) is 13.0 Å². The van der Waals surface area contributed by atoms with E-state index in [4.69, 9.17) is 4.74 Å². The average Bonchev–Trinajstić information content (AvgIpc) is 2.43. The Balaban J connectivity index is 2.18. The Labute approximate surface area is 82.9 Å². The monoisotopic (exact) mass is 194 g/mol. The third kappa shape index (κ3) is 1.41. The van der Waals surface area contributed by atoms with E-state index in [2.05, 4.69) is 5.10 Å². The van der Waals surface area contributed by atoms with Crippen molar-refractivity contribution in [2.45, 2.75) is 19.3 Å². The van der Waals surface area contributed by atoms with Crippen LogP contribution < -0.4 is 4.74 Å². The minimum absolute atomic E-state index is 0.162. The van der Waals surface area contributed by atoms with Crippen molar-refractivity contribution in [2.75, 3.05) is 7.11 Å². The van der Waals surface area contributed by atoms with Crippen LogP contribution in [0.4, 0.5) is 0 Å². The van der Waals surface area contributed by atoms with Crippen molar-refractivity contribution >= 4 is 5.78 Å². The lowest BCUT2D eigenvalue weighted by Gasteiger charge is -2.22. The fourth-order valence-corrected chi connectivity index (χ4v) is 1.64. The van der Waals surface area contributed by atoms with Gasteiger partial charge in [-0.1, -0.05) is 6.42 Å². The first kappa shape index (κ1) is 9.24. The molecule has 0 aliphatic heterocycles. The van der Waals surface area contributed by atoms with E-state index in [1.165, 1.54) is 6.42 Å². The number of aromatic nitrogens is 2. The van der Waals surface area contributed by atoms with E-state index in [0.717, 1.165) is 12.8 Å². The standard InChI is InChI=1S/C10H14N2O2/c1-12-9(14-2)6-8(11-12)10(13)7-4-3-5-7/h6-7H,3-5H2,1-2H3. The predicted molar refractivity (Wildman–Crippen MR) is 51.4 cm³/mol. The van der Waals surface area contributed by atoms with Gasteiger partial charge in [0.2, 0.25) is 5.88 Å². The van der Waals surface area contributed by atoms with Crippen LogP contribution in [0.1, 0.15) is 29.8 Å². The van der Waals surface area contributed by atoms with E-state index in [1.807, 2.05) is 0 Å². The summed E-state index contributed by atoms with van der Waals surface area (Å²) in [7, 11) is 3.35. The van der Waals surface area contributed by atoms with Crippen LogP contribution in [0.25, 0.3) is 0 Å². The van der Waals surface area contributed by atoms with Crippen molar-refractivity contribution < 1.29 is 9.53 Å². The van der Waals surface area contributed by atoms with Gasteiger partial charge in [0.05, 0.1) is 7.11 Å². The molecule has 0 saturated heterocycles. The number of hydrogen-bond donors (Lipinski definition) is 0. The first-order valence-electron chi connectivity index (χ1n) is 4.84. The number of carbonyl (C=O) groups is 1. The lowest BCUT2D eigenvalue weighted by molar-refractivity contribution is 0.0849. The molecule has 0 N–H and O–H groups in total. The van der Waals surface area contributed by atoms with Crippen LogP contribution in [0.2, 0.25) is 0 Å². The van der Waals surface area contributed by atoms with Gasteiger partial charge in [-0.15, -0.1) is 0 Å². The molecule has 1 fully saturated rings. The first-order valence-corrected chi connectivity index (χ1v) is 4.84. The molecule has 0 unspecified atom stereocenters. The van der Waals surface area contributed by atoms with Crippen molar-refractivity contribution in [3.63, 3.8) is 0 Å². The summed E-state index contributed by atoms with van der Waals surface area (Å²) in [6, 6.07) is 1.71. The maximum atomic E-state index is 11.8. The molecular formula is C10H14N2O2. The van der Waals surface area contributed by atoms with E-state index >= 15 is 0 Å². The van der Waals surface area contributed by atoms with Gasteiger partial charge in [-0.05, 0) is 12.8 Å². The van der Waals surface area contributed by atoms with Crippen LogP contribution in [0, 0.1) is 5.92 Å². The highest BCUT2D eigenvalue weighted by molar-refractivity contribution is 5.96. The van der Waals surface area contributed by atoms with E-state index in [1.54, 1.807) is 24.9 Å². The van der Waals surface area contributed by atoms with Gasteiger partial charge in [-0.3, -0.25) is 4.79 Å². The molecule has 4 heteroatoms. The molecule has 1 saturated carbocycles. The normalized spacial score (nSPS) is 16.4. The van der Waals surface area contributed by atoms with E-state index < -0.39 is 0 Å². The molecule has 76 valence electrons. The van der Waals surface area contributed by atoms with Gasteiger partial charge in [0.15, 0.2) is 5.78 Å². The van der Waals surface area contributed by atoms with Gasteiger partial charge in [0.1, 0.15) is 5.69 Å². The zero-order chi connectivity index (χ0) is 10.1. The molecule has 0 amide bonds. The van der Waals surface area contributed by atoms with Crippen LogP contribution in [0.15, 0.2) is 6.07 Å². The molecule has 1 aromatic rings. The maximum Gasteiger partial charge on any atom is 0.211 e. The van der Waals surface area contributed by atoms with Gasteiger partial charge in [-0.2, -0.15) is 5.10 Å². The number of nitrogens with zero attached hydrogens (tertiary/aromatic N) is 2. The first-order chi connectivity index (χ1) is 6.72. The van der Waals surface area contributed by atoms with E-state index in [0.29, 0.717) is 11.6 Å². The van der Waals surface area contributed by atoms with Gasteiger partial charge in [-0.25, -0.2) is 4.68 Å². The number of ketones is 1. The zero-order valence-electron chi connectivity index (χ0n) is 8.49. The Kier molecular flexibility index (Phi) is 2.27. The summed E-state index contributed by atoms with van der Waals surface area (Å²) in [4.78, 5) is 11.8. The highest BCUT2D eigenvalue weighted by Crippen LogP contribution is 2.30. The molecule has 0 bridgehead atoms. The summed E-state index contributed by atoms with van der Waals surface area (Å²) in [6.45, 7) is 0. The second-order valence-corrected chi connectivity index (χ2v) is 3.69. The van der Waals surface area contributed by atoms with Gasteiger partial charge in [0, 0.05) is 19.0 Å². The van der Waals surface area contributed by atoms with E-state index in [9.17, 15) is 4.79 Å². The second-order valence-electron chi connectivity index (χ2n) is 3.69. The molecule has 14 heavy (non-hydrogen) atoms. The van der Waals surface area contributed by atoms with Crippen LogP contribution in [-0.2, 0) is 7.05 Å². The number of methoxy groups -OCH3 is 1. The predicted octanol–water partition coefficient (Wildman–Crippen LogP) is 1.41. The molecule has 0 atom stereocenters. The number of aryl methyl sites for hydroxylation is 1. The number of Topliss-reactive ketones (excluding diaryl/α,β-unsaturated/α-hetero) is 1. The number of rotatable bonds is 3. The molecule has 1 aliphatic carbocycles.